The van der Waals surface area contributed by atoms with Crippen molar-refractivity contribution in [2.75, 3.05) is 0 Å². The van der Waals surface area contributed by atoms with Gasteiger partial charge >= 0.3 is 7.12 Å². The molecule has 1 aliphatic carbocycles. The Kier molecular flexibility index (Phi) is 5.43. The number of benzene rings is 5. The molecule has 0 N–H and O–H groups in total. The molecule has 3 aliphatic rings. The lowest BCUT2D eigenvalue weighted by Crippen LogP contribution is -2.41. The normalized spacial score (nSPS) is 17.8. The number of nitrogens with zero attached hydrogens (tertiary/aromatic N) is 1. The van der Waals surface area contributed by atoms with Crippen LogP contribution in [-0.4, -0.2) is 23.3 Å². The predicted molar refractivity (Wildman–Crippen MR) is 180 cm³/mol. The Morgan fingerprint density at radius 1 is 0.556 bits per heavy atom. The summed E-state index contributed by atoms with van der Waals surface area (Å²) in [7, 11) is -0.469. The van der Waals surface area contributed by atoms with E-state index in [0.717, 1.165) is 50.1 Å². The first kappa shape index (κ1) is 26.7. The Balaban J connectivity index is 1.35. The Bertz CT molecular complexity index is 2120. The van der Waals surface area contributed by atoms with Gasteiger partial charge in [-0.25, -0.2) is 0 Å². The second kappa shape index (κ2) is 9.16. The fourth-order valence-electron chi connectivity index (χ4n) is 7.55. The fourth-order valence-corrected chi connectivity index (χ4v) is 7.55. The Labute approximate surface area is 263 Å². The highest BCUT2D eigenvalue weighted by Crippen LogP contribution is 2.62. The van der Waals surface area contributed by atoms with Crippen molar-refractivity contribution in [3.63, 3.8) is 0 Å². The van der Waals surface area contributed by atoms with E-state index < -0.39 is 23.7 Å². The molecule has 0 unspecified atom stereocenters. The molecule has 218 valence electrons. The van der Waals surface area contributed by atoms with E-state index in [9.17, 15) is 0 Å². The van der Waals surface area contributed by atoms with Crippen LogP contribution in [0.1, 0.15) is 49.9 Å². The van der Waals surface area contributed by atoms with Gasteiger partial charge in [0.05, 0.1) is 22.1 Å². The molecule has 1 fully saturated rings. The molecule has 2 aliphatic heterocycles. The first-order valence-electron chi connectivity index (χ1n) is 15.6. The molecule has 9 rings (SSSR count). The Hall–Kier alpha value is -4.71. The number of aromatic nitrogens is 1. The molecule has 4 nitrogen and oxygen atoms in total. The number of pyridine rings is 1. The zero-order chi connectivity index (χ0) is 30.6. The van der Waals surface area contributed by atoms with E-state index in [0.29, 0.717) is 0 Å². The summed E-state index contributed by atoms with van der Waals surface area (Å²) in [5.74, 6) is 1.74. The van der Waals surface area contributed by atoms with E-state index in [1.54, 1.807) is 0 Å². The van der Waals surface area contributed by atoms with Crippen molar-refractivity contribution in [1.29, 1.82) is 0 Å². The first-order valence-corrected chi connectivity index (χ1v) is 15.6. The summed E-state index contributed by atoms with van der Waals surface area (Å²) in [6.45, 7) is 8.41. The lowest BCUT2D eigenvalue weighted by molar-refractivity contribution is 0.00578. The number of fused-ring (bicyclic) bond motifs is 10. The first-order chi connectivity index (χ1) is 21.8. The lowest BCUT2D eigenvalue weighted by Gasteiger charge is -2.39. The van der Waals surface area contributed by atoms with Crippen molar-refractivity contribution >= 4 is 23.5 Å². The molecule has 1 spiro atoms. The molecule has 1 saturated heterocycles. The topological polar surface area (TPSA) is 40.6 Å². The summed E-state index contributed by atoms with van der Waals surface area (Å²) < 4.78 is 19.7. The van der Waals surface area contributed by atoms with Crippen molar-refractivity contribution < 1.29 is 14.0 Å². The van der Waals surface area contributed by atoms with Crippen molar-refractivity contribution in [2.45, 2.75) is 44.3 Å². The number of hydrogen-bond donors (Lipinski definition) is 0. The van der Waals surface area contributed by atoms with E-state index in [4.69, 9.17) is 19.0 Å². The van der Waals surface area contributed by atoms with Gasteiger partial charge < -0.3 is 14.0 Å². The summed E-state index contributed by atoms with van der Waals surface area (Å²) >= 11 is 0. The zero-order valence-electron chi connectivity index (χ0n) is 25.8. The zero-order valence-corrected chi connectivity index (χ0v) is 25.8. The fraction of sp³-hybridized carbons (Fsp3) is 0.175. The molecule has 6 aromatic rings. The molecule has 0 atom stereocenters. The van der Waals surface area contributed by atoms with Crippen LogP contribution in [0, 0.1) is 0 Å². The van der Waals surface area contributed by atoms with Gasteiger partial charge in [0.25, 0.3) is 0 Å². The largest absolute Gasteiger partial charge is 0.494 e. The number of ether oxygens (including phenoxy) is 1. The minimum atomic E-state index is -0.607. The average molecular weight is 586 g/mol. The van der Waals surface area contributed by atoms with Crippen molar-refractivity contribution in [1.82, 2.24) is 4.98 Å². The molecule has 45 heavy (non-hydrogen) atoms. The highest BCUT2D eigenvalue weighted by Gasteiger charge is 2.54. The summed E-state index contributed by atoms with van der Waals surface area (Å²) in [6, 6.07) is 41.1. The summed E-state index contributed by atoms with van der Waals surface area (Å²) in [6.07, 6.45) is 1.87. The highest BCUT2D eigenvalue weighted by molar-refractivity contribution is 6.62. The van der Waals surface area contributed by atoms with Crippen LogP contribution in [0.25, 0.3) is 33.2 Å². The lowest BCUT2D eigenvalue weighted by atomic mass is 9.64. The van der Waals surface area contributed by atoms with Gasteiger partial charge in [0.1, 0.15) is 11.5 Å². The molecule has 0 amide bonds. The summed E-state index contributed by atoms with van der Waals surface area (Å²) in [5.41, 5.74) is 9.92. The molecular formula is C40H32BNO3. The molecule has 5 aromatic carbocycles. The van der Waals surface area contributed by atoms with E-state index in [1.807, 2.05) is 12.3 Å². The smallest absolute Gasteiger partial charge is 0.457 e. The second-order valence-electron chi connectivity index (χ2n) is 13.4. The molecular weight excluding hydrogens is 553 g/mol. The predicted octanol–water partition coefficient (Wildman–Crippen LogP) is 8.67. The second-order valence-corrected chi connectivity index (χ2v) is 13.4. The van der Waals surface area contributed by atoms with Gasteiger partial charge in [-0.1, -0.05) is 91.0 Å². The maximum atomic E-state index is 6.59. The molecule has 1 aromatic heterocycles. The average Bonchev–Trinajstić information content (AvgIpc) is 3.46. The Morgan fingerprint density at radius 3 is 1.89 bits per heavy atom. The van der Waals surface area contributed by atoms with Crippen LogP contribution >= 0.6 is 0 Å². The van der Waals surface area contributed by atoms with Crippen LogP contribution in [0.3, 0.4) is 0 Å². The summed E-state index contributed by atoms with van der Waals surface area (Å²) in [4.78, 5) is 4.80. The molecule has 3 heterocycles. The third-order valence-corrected chi connectivity index (χ3v) is 10.4. The van der Waals surface area contributed by atoms with Gasteiger partial charge in [-0.05, 0) is 85.2 Å². The molecule has 0 bridgehead atoms. The Morgan fingerprint density at radius 2 is 1.18 bits per heavy atom. The van der Waals surface area contributed by atoms with Gasteiger partial charge in [0.15, 0.2) is 0 Å². The molecule has 5 heteroatoms. The summed E-state index contributed by atoms with van der Waals surface area (Å²) in [5, 5.41) is 1.13. The van der Waals surface area contributed by atoms with E-state index >= 15 is 0 Å². The number of para-hydroxylation sites is 3. The van der Waals surface area contributed by atoms with Crippen LogP contribution in [0.5, 0.6) is 11.5 Å². The van der Waals surface area contributed by atoms with Gasteiger partial charge in [-0.2, -0.15) is 0 Å². The van der Waals surface area contributed by atoms with Crippen molar-refractivity contribution in [2.24, 2.45) is 0 Å². The SMILES string of the molecule is CC1(C)OB(c2ccc3c(c2)C2(c4ccccc4Oc4ccccc42)c2cc(-c4cccc5cccnc45)ccc2-3)OC1(C)C. The highest BCUT2D eigenvalue weighted by atomic mass is 16.7. The number of rotatable bonds is 2. The standard InChI is InChI=1S/C40H32BNO3/c1-38(2)39(3,4)45-41(44-38)27-19-21-30-29-20-18-26(28-13-9-11-25-12-10-22-42-37(25)28)23-33(29)40(34(30)24-27)31-14-5-7-16-35(31)43-36-17-8-6-15-32(36)40/h5-24H,1-4H3. The third kappa shape index (κ3) is 3.60. The van der Waals surface area contributed by atoms with Crippen LogP contribution in [0.2, 0.25) is 0 Å². The maximum absolute atomic E-state index is 6.59. The van der Waals surface area contributed by atoms with E-state index in [1.165, 1.54) is 22.3 Å². The monoisotopic (exact) mass is 585 g/mol. The van der Waals surface area contributed by atoms with Crippen LogP contribution in [0.15, 0.2) is 121 Å². The third-order valence-electron chi connectivity index (χ3n) is 10.4. The van der Waals surface area contributed by atoms with Gasteiger partial charge in [-0.3, -0.25) is 4.98 Å². The molecule has 0 radical (unpaired) electrons. The van der Waals surface area contributed by atoms with E-state index in [2.05, 4.69) is 137 Å². The van der Waals surface area contributed by atoms with Gasteiger partial charge in [-0.15, -0.1) is 0 Å². The van der Waals surface area contributed by atoms with Crippen molar-refractivity contribution in [3.05, 3.63) is 144 Å². The van der Waals surface area contributed by atoms with E-state index in [-0.39, 0.29) is 0 Å². The van der Waals surface area contributed by atoms with Crippen LogP contribution in [-0.2, 0) is 14.7 Å². The quantitative estimate of drug-likeness (QED) is 0.190. The molecule has 0 saturated carbocycles. The van der Waals surface area contributed by atoms with Crippen molar-refractivity contribution in [3.8, 4) is 33.8 Å². The van der Waals surface area contributed by atoms with Gasteiger partial charge in [0, 0.05) is 28.3 Å². The van der Waals surface area contributed by atoms with Crippen LogP contribution in [0.4, 0.5) is 0 Å². The number of hydrogen-bond acceptors (Lipinski definition) is 4. The van der Waals surface area contributed by atoms with Crippen LogP contribution < -0.4 is 10.2 Å². The maximum Gasteiger partial charge on any atom is 0.494 e. The van der Waals surface area contributed by atoms with Gasteiger partial charge in [0.2, 0.25) is 0 Å². The minimum Gasteiger partial charge on any atom is -0.457 e. The minimum absolute atomic E-state index is 0.434.